The molecule has 2 saturated heterocycles. The highest BCUT2D eigenvalue weighted by atomic mass is 19.1. The van der Waals surface area contributed by atoms with Crippen LogP contribution in [0, 0.1) is 23.0 Å². The number of nitriles is 1. The average molecular weight is 685 g/mol. The smallest absolute Gasteiger partial charge is 0.410 e. The first-order valence-electron chi connectivity index (χ1n) is 16.4. The summed E-state index contributed by atoms with van der Waals surface area (Å²) in [5.41, 5.74) is -1.83. The molecular formula is C35H43F3N6O5. The van der Waals surface area contributed by atoms with Gasteiger partial charge in [-0.25, -0.2) is 18.0 Å². The van der Waals surface area contributed by atoms with Crippen LogP contribution in [0.1, 0.15) is 78.5 Å². The van der Waals surface area contributed by atoms with E-state index < -0.39 is 53.2 Å². The third kappa shape index (κ3) is 8.26. The van der Waals surface area contributed by atoms with Gasteiger partial charge in [0.2, 0.25) is 23.3 Å². The second-order valence-electron chi connectivity index (χ2n) is 14.3. The molecule has 0 aliphatic carbocycles. The number of piperidine rings is 1. The number of amides is 1. The van der Waals surface area contributed by atoms with Crippen molar-refractivity contribution in [3.63, 3.8) is 0 Å². The number of ether oxygens (including phenoxy) is 3. The zero-order valence-electron chi connectivity index (χ0n) is 28.9. The number of hydrogen-bond donors (Lipinski definition) is 0. The average Bonchev–Trinajstić information content (AvgIpc) is 3.63. The number of nitrogens with zero attached hydrogens (tertiary/aromatic N) is 6. The van der Waals surface area contributed by atoms with Gasteiger partial charge in [0.25, 0.3) is 0 Å². The number of rotatable bonds is 9. The fourth-order valence-corrected chi connectivity index (χ4v) is 6.47. The van der Waals surface area contributed by atoms with Crippen molar-refractivity contribution in [1.29, 1.82) is 5.26 Å². The minimum Gasteiger partial charge on any atom is -0.474 e. The first kappa shape index (κ1) is 35.9. The van der Waals surface area contributed by atoms with Gasteiger partial charge < -0.3 is 23.6 Å². The third-order valence-corrected chi connectivity index (χ3v) is 8.95. The zero-order chi connectivity index (χ0) is 35.7. The summed E-state index contributed by atoms with van der Waals surface area (Å²) >= 11 is 0. The number of halogens is 3. The number of likely N-dealkylation sites (tertiary alicyclic amines) is 2. The zero-order valence-corrected chi connectivity index (χ0v) is 28.9. The molecule has 14 heteroatoms. The van der Waals surface area contributed by atoms with Gasteiger partial charge in [-0.15, -0.1) is 0 Å². The quantitative estimate of drug-likeness (QED) is 0.243. The Morgan fingerprint density at radius 2 is 1.82 bits per heavy atom. The van der Waals surface area contributed by atoms with Gasteiger partial charge in [-0.05, 0) is 67.1 Å². The van der Waals surface area contributed by atoms with E-state index in [2.05, 4.69) is 21.2 Å². The summed E-state index contributed by atoms with van der Waals surface area (Å²) in [6, 6.07) is 8.20. The molecule has 2 fully saturated rings. The van der Waals surface area contributed by atoms with Gasteiger partial charge in [0.05, 0.1) is 30.3 Å². The Kier molecular flexibility index (Phi) is 10.4. The molecule has 0 N–H and O–H groups in total. The van der Waals surface area contributed by atoms with E-state index in [1.807, 2.05) is 18.9 Å². The summed E-state index contributed by atoms with van der Waals surface area (Å²) in [5.74, 6) is -1.01. The summed E-state index contributed by atoms with van der Waals surface area (Å²) in [5, 5.41) is 13.6. The Labute approximate surface area is 284 Å². The minimum atomic E-state index is -1.22. The SMILES string of the molecule is C[C@H](Oc1cc(O[C@H]2CCN(C(=O)OC(C)(C)C)[C@H](CC#N)C2)nc(-c2cc(C(C)(C)c3c(F)cccc3F)no2)n1)[C@@H]1C[C@@H](F)CN1C. The Hall–Kier alpha value is -4.38. The van der Waals surface area contributed by atoms with Crippen LogP contribution < -0.4 is 9.47 Å². The highest BCUT2D eigenvalue weighted by Gasteiger charge is 2.37. The fourth-order valence-electron chi connectivity index (χ4n) is 6.47. The van der Waals surface area contributed by atoms with Crippen molar-refractivity contribution in [3.8, 4) is 29.4 Å². The van der Waals surface area contributed by atoms with Crippen LogP contribution in [0.5, 0.6) is 11.8 Å². The van der Waals surface area contributed by atoms with Crippen molar-refractivity contribution in [1.82, 2.24) is 24.9 Å². The molecule has 2 aliphatic rings. The Morgan fingerprint density at radius 1 is 1.12 bits per heavy atom. The standard InChI is InChI=1S/C35H43F3N6O5/c1-20(26-15-21(36)19-43(26)7)46-29-18-30(47-23-12-14-44(22(16-23)11-13-39)33(45)48-34(2,3)4)41-32(40-29)27-17-28(42-49-27)35(5,6)31-24(37)9-8-10-25(31)38/h8-10,17-18,20-23,26H,11-12,14-16,19H2,1-7H3/t20-,21+,22+,23-,26-/m0/s1. The van der Waals surface area contributed by atoms with Crippen LogP contribution in [-0.4, -0.2) is 87.2 Å². The van der Waals surface area contributed by atoms with E-state index in [4.69, 9.17) is 18.7 Å². The van der Waals surface area contributed by atoms with E-state index >= 15 is 0 Å². The third-order valence-electron chi connectivity index (χ3n) is 8.95. The molecule has 0 unspecified atom stereocenters. The molecular weight excluding hydrogens is 641 g/mol. The van der Waals surface area contributed by atoms with Crippen LogP contribution in [-0.2, 0) is 10.2 Å². The monoisotopic (exact) mass is 684 g/mol. The molecule has 2 aromatic heterocycles. The van der Waals surface area contributed by atoms with E-state index in [0.717, 1.165) is 0 Å². The highest BCUT2D eigenvalue weighted by molar-refractivity contribution is 5.68. The lowest BCUT2D eigenvalue weighted by Gasteiger charge is -2.38. The van der Waals surface area contributed by atoms with Crippen LogP contribution in [0.2, 0.25) is 0 Å². The van der Waals surface area contributed by atoms with E-state index in [-0.39, 0.29) is 47.1 Å². The number of aromatic nitrogens is 3. The van der Waals surface area contributed by atoms with Gasteiger partial charge in [0, 0.05) is 49.0 Å². The van der Waals surface area contributed by atoms with Crippen molar-refractivity contribution in [3.05, 3.63) is 53.2 Å². The number of benzene rings is 1. The number of alkyl halides is 1. The van der Waals surface area contributed by atoms with Crippen molar-refractivity contribution in [2.45, 2.75) is 109 Å². The Balaban J connectivity index is 1.43. The van der Waals surface area contributed by atoms with Crippen LogP contribution in [0.4, 0.5) is 18.0 Å². The van der Waals surface area contributed by atoms with Crippen LogP contribution >= 0.6 is 0 Å². The van der Waals surface area contributed by atoms with E-state index in [9.17, 15) is 23.2 Å². The molecule has 1 aromatic carbocycles. The first-order chi connectivity index (χ1) is 23.0. The van der Waals surface area contributed by atoms with Crippen LogP contribution in [0.25, 0.3) is 11.6 Å². The lowest BCUT2D eigenvalue weighted by atomic mass is 9.80. The van der Waals surface area contributed by atoms with E-state index in [1.54, 1.807) is 39.5 Å². The Bertz CT molecular complexity index is 1670. The summed E-state index contributed by atoms with van der Waals surface area (Å²) in [6.45, 7) is 11.0. The predicted molar refractivity (Wildman–Crippen MR) is 173 cm³/mol. The van der Waals surface area contributed by atoms with Crippen LogP contribution in [0.15, 0.2) is 34.9 Å². The van der Waals surface area contributed by atoms with Gasteiger partial charge >= 0.3 is 6.09 Å². The fraction of sp³-hybridized carbons (Fsp3) is 0.571. The molecule has 5 atom stereocenters. The summed E-state index contributed by atoms with van der Waals surface area (Å²) in [7, 11) is 1.83. The molecule has 2 aliphatic heterocycles. The molecule has 4 heterocycles. The van der Waals surface area contributed by atoms with Gasteiger partial charge in [-0.3, -0.25) is 4.90 Å². The molecule has 1 amide bonds. The van der Waals surface area contributed by atoms with Gasteiger partial charge in [-0.2, -0.15) is 15.2 Å². The number of carbonyl (C=O) groups is 1. The largest absolute Gasteiger partial charge is 0.474 e. The molecule has 0 spiro atoms. The molecule has 11 nitrogen and oxygen atoms in total. The maximum atomic E-state index is 14.8. The maximum Gasteiger partial charge on any atom is 0.410 e. The lowest BCUT2D eigenvalue weighted by Crippen LogP contribution is -2.50. The van der Waals surface area contributed by atoms with Gasteiger partial charge in [0.15, 0.2) is 0 Å². The van der Waals surface area contributed by atoms with Crippen molar-refractivity contribution in [2.75, 3.05) is 20.1 Å². The maximum absolute atomic E-state index is 14.8. The number of hydrogen-bond acceptors (Lipinski definition) is 10. The molecule has 5 rings (SSSR count). The van der Waals surface area contributed by atoms with Crippen LogP contribution in [0.3, 0.4) is 0 Å². The Morgan fingerprint density at radius 3 is 2.45 bits per heavy atom. The molecule has 0 radical (unpaired) electrons. The lowest BCUT2D eigenvalue weighted by molar-refractivity contribution is -0.00382. The predicted octanol–water partition coefficient (Wildman–Crippen LogP) is 6.61. The topological polar surface area (TPSA) is 127 Å². The molecule has 0 saturated carbocycles. The van der Waals surface area contributed by atoms with Crippen molar-refractivity contribution < 1.29 is 36.7 Å². The number of carbonyl (C=O) groups excluding carboxylic acids is 1. The number of likely N-dealkylation sites (N-methyl/N-ethyl adjacent to an activating group) is 1. The van der Waals surface area contributed by atoms with E-state index in [0.29, 0.717) is 32.4 Å². The summed E-state index contributed by atoms with van der Waals surface area (Å²) in [6.07, 6.45) is -1.16. The minimum absolute atomic E-state index is 0.0474. The molecule has 0 bridgehead atoms. The molecule has 264 valence electrons. The van der Waals surface area contributed by atoms with Gasteiger partial charge in [-0.1, -0.05) is 11.2 Å². The highest BCUT2D eigenvalue weighted by Crippen LogP contribution is 2.37. The van der Waals surface area contributed by atoms with Gasteiger partial charge in [0.1, 0.15) is 35.6 Å². The van der Waals surface area contributed by atoms with Crippen molar-refractivity contribution in [2.24, 2.45) is 0 Å². The summed E-state index contributed by atoms with van der Waals surface area (Å²) < 4.78 is 67.5. The normalized spacial score (nSPS) is 22.4. The second-order valence-corrected chi connectivity index (χ2v) is 14.3. The van der Waals surface area contributed by atoms with E-state index in [1.165, 1.54) is 30.3 Å². The molecule has 3 aromatic rings. The molecule has 49 heavy (non-hydrogen) atoms. The first-order valence-corrected chi connectivity index (χ1v) is 16.4. The second kappa shape index (κ2) is 14.2. The van der Waals surface area contributed by atoms with Crippen molar-refractivity contribution >= 4 is 6.09 Å². The summed E-state index contributed by atoms with van der Waals surface area (Å²) in [4.78, 5) is 25.5.